The van der Waals surface area contributed by atoms with E-state index in [1.165, 1.54) is 0 Å². The molecule has 1 aromatic heterocycles. The van der Waals surface area contributed by atoms with Crippen molar-refractivity contribution < 1.29 is 4.79 Å². The molecule has 1 saturated carbocycles. The number of fused-ring (bicyclic) bond motifs is 1. The number of nitrogens with one attached hydrogen (secondary N) is 1. The number of rotatable bonds is 6. The highest BCUT2D eigenvalue weighted by molar-refractivity contribution is 7.18. The average Bonchev–Trinajstić information content (AvgIpc) is 3.33. The molecular formula is C18H22N4OS. The van der Waals surface area contributed by atoms with Gasteiger partial charge in [-0.2, -0.15) is 5.26 Å². The molecule has 1 N–H and O–H groups in total. The van der Waals surface area contributed by atoms with Gasteiger partial charge in [-0.25, -0.2) is 4.98 Å². The number of hydrogen-bond acceptors (Lipinski definition) is 5. The maximum Gasteiger partial charge on any atom is 0.235 e. The first-order chi connectivity index (χ1) is 11.4. The molecule has 0 aliphatic heterocycles. The number of benzene rings is 1. The van der Waals surface area contributed by atoms with E-state index in [1.807, 2.05) is 37.1 Å². The highest BCUT2D eigenvalue weighted by atomic mass is 32.1. The molecule has 126 valence electrons. The zero-order chi connectivity index (χ0) is 17.3. The van der Waals surface area contributed by atoms with Crippen molar-refractivity contribution in [2.45, 2.75) is 38.3 Å². The van der Waals surface area contributed by atoms with Crippen LogP contribution in [0.3, 0.4) is 0 Å². The molecule has 0 bridgehead atoms. The smallest absolute Gasteiger partial charge is 0.235 e. The number of nitrogens with zero attached hydrogens (tertiary/aromatic N) is 3. The van der Waals surface area contributed by atoms with Crippen molar-refractivity contribution in [3.05, 3.63) is 29.3 Å². The van der Waals surface area contributed by atoms with Gasteiger partial charge in [0.2, 0.25) is 5.91 Å². The molecule has 0 spiro atoms. The topological polar surface area (TPSA) is 69.0 Å². The second-order valence-corrected chi connectivity index (χ2v) is 7.81. The molecule has 0 unspecified atom stereocenters. The van der Waals surface area contributed by atoms with Crippen molar-refractivity contribution in [1.29, 1.82) is 5.26 Å². The number of likely N-dealkylation sites (N-methyl/N-ethyl adjacent to an activating group) is 1. The molecule has 1 amide bonds. The van der Waals surface area contributed by atoms with Gasteiger partial charge < -0.3 is 5.32 Å². The van der Waals surface area contributed by atoms with Crippen molar-refractivity contribution in [2.24, 2.45) is 5.92 Å². The van der Waals surface area contributed by atoms with Gasteiger partial charge >= 0.3 is 0 Å². The lowest BCUT2D eigenvalue weighted by Crippen LogP contribution is -2.50. The number of para-hydroxylation sites is 1. The maximum atomic E-state index is 12.3. The highest BCUT2D eigenvalue weighted by Gasteiger charge is 2.43. The zero-order valence-electron chi connectivity index (χ0n) is 14.2. The van der Waals surface area contributed by atoms with Gasteiger partial charge in [0.1, 0.15) is 10.5 Å². The second-order valence-electron chi connectivity index (χ2n) is 6.75. The molecule has 0 saturated heterocycles. The third kappa shape index (κ3) is 3.42. The standard InChI is InChI=1S/C18H22N4OS/c1-12(17-20-14-6-4-5-7-15(14)24-17)22(3)10-16(23)21-18(2,11-19)13-8-9-13/h4-7,12-13H,8-10H2,1-3H3,(H,21,23)/t12-,18-/m0/s1. The predicted octanol–water partition coefficient (Wildman–Crippen LogP) is 3.10. The highest BCUT2D eigenvalue weighted by Crippen LogP contribution is 2.39. The van der Waals surface area contributed by atoms with Crippen LogP contribution in [0.5, 0.6) is 0 Å². The second kappa shape index (κ2) is 6.50. The number of thiazole rings is 1. The number of amides is 1. The van der Waals surface area contributed by atoms with Crippen LogP contribution in [0.1, 0.15) is 37.7 Å². The molecule has 6 heteroatoms. The number of carbonyl (C=O) groups excluding carboxylic acids is 1. The van der Waals surface area contributed by atoms with E-state index in [0.29, 0.717) is 5.92 Å². The Bertz CT molecular complexity index is 759. The first kappa shape index (κ1) is 16.9. The van der Waals surface area contributed by atoms with Crippen LogP contribution >= 0.6 is 11.3 Å². The first-order valence-electron chi connectivity index (χ1n) is 8.21. The Kier molecular flexibility index (Phi) is 4.57. The monoisotopic (exact) mass is 342 g/mol. The summed E-state index contributed by atoms with van der Waals surface area (Å²) in [6, 6.07) is 10.4. The lowest BCUT2D eigenvalue weighted by molar-refractivity contribution is -0.123. The van der Waals surface area contributed by atoms with Crippen molar-refractivity contribution in [2.75, 3.05) is 13.6 Å². The van der Waals surface area contributed by atoms with Gasteiger partial charge in [0.15, 0.2) is 0 Å². The molecule has 1 aliphatic carbocycles. The fraction of sp³-hybridized carbons (Fsp3) is 0.500. The van der Waals surface area contributed by atoms with Crippen LogP contribution < -0.4 is 5.32 Å². The van der Waals surface area contributed by atoms with E-state index < -0.39 is 5.54 Å². The Hall–Kier alpha value is -1.97. The quantitative estimate of drug-likeness (QED) is 0.876. The van der Waals surface area contributed by atoms with E-state index in [-0.39, 0.29) is 18.5 Å². The summed E-state index contributed by atoms with van der Waals surface area (Å²) in [7, 11) is 1.91. The minimum absolute atomic E-state index is 0.0439. The minimum Gasteiger partial charge on any atom is -0.337 e. The normalized spacial score (nSPS) is 18.1. The number of hydrogen-bond donors (Lipinski definition) is 1. The Labute approximate surface area is 146 Å². The largest absolute Gasteiger partial charge is 0.337 e. The van der Waals surface area contributed by atoms with Gasteiger partial charge in [0.25, 0.3) is 0 Å². The molecule has 1 heterocycles. The number of aromatic nitrogens is 1. The lowest BCUT2D eigenvalue weighted by Gasteiger charge is -2.26. The SMILES string of the molecule is C[C@@H](c1nc2ccccc2s1)N(C)CC(=O)N[C@@](C)(C#N)C1CC1. The summed E-state index contributed by atoms with van der Waals surface area (Å²) in [6.45, 7) is 4.12. The number of carbonyl (C=O) groups is 1. The maximum absolute atomic E-state index is 12.3. The van der Waals surface area contributed by atoms with Gasteiger partial charge in [-0.1, -0.05) is 12.1 Å². The third-order valence-corrected chi connectivity index (χ3v) is 5.95. The van der Waals surface area contributed by atoms with Gasteiger partial charge in [-0.15, -0.1) is 11.3 Å². The molecule has 2 aromatic rings. The van der Waals surface area contributed by atoms with Crippen molar-refractivity contribution in [3.8, 4) is 6.07 Å². The molecule has 2 atom stereocenters. The zero-order valence-corrected chi connectivity index (χ0v) is 15.1. The number of nitriles is 1. The van der Waals surface area contributed by atoms with Gasteiger partial charge in [0, 0.05) is 0 Å². The molecule has 0 radical (unpaired) electrons. The van der Waals surface area contributed by atoms with E-state index in [0.717, 1.165) is 28.1 Å². The van der Waals surface area contributed by atoms with Gasteiger partial charge in [-0.05, 0) is 51.8 Å². The predicted molar refractivity (Wildman–Crippen MR) is 95.5 cm³/mol. The summed E-state index contributed by atoms with van der Waals surface area (Å²) < 4.78 is 1.16. The van der Waals surface area contributed by atoms with Crippen LogP contribution in [0.25, 0.3) is 10.2 Å². The molecular weight excluding hydrogens is 320 g/mol. The summed E-state index contributed by atoms with van der Waals surface area (Å²) in [5.74, 6) is 0.180. The van der Waals surface area contributed by atoms with Crippen LogP contribution in [0.4, 0.5) is 0 Å². The van der Waals surface area contributed by atoms with Crippen molar-refractivity contribution in [3.63, 3.8) is 0 Å². The Morgan fingerprint density at radius 3 is 2.88 bits per heavy atom. The molecule has 5 nitrogen and oxygen atoms in total. The van der Waals surface area contributed by atoms with Crippen LogP contribution in [-0.4, -0.2) is 34.9 Å². The van der Waals surface area contributed by atoms with E-state index >= 15 is 0 Å². The summed E-state index contributed by atoms with van der Waals surface area (Å²) >= 11 is 1.66. The van der Waals surface area contributed by atoms with Crippen LogP contribution in [-0.2, 0) is 4.79 Å². The Morgan fingerprint density at radius 2 is 2.25 bits per heavy atom. The van der Waals surface area contributed by atoms with E-state index in [4.69, 9.17) is 0 Å². The Morgan fingerprint density at radius 1 is 1.54 bits per heavy atom. The average molecular weight is 342 g/mol. The van der Waals surface area contributed by atoms with Crippen LogP contribution in [0, 0.1) is 17.2 Å². The summed E-state index contributed by atoms with van der Waals surface area (Å²) in [4.78, 5) is 19.0. The molecule has 24 heavy (non-hydrogen) atoms. The van der Waals surface area contributed by atoms with Gasteiger partial charge in [0.05, 0.1) is 28.9 Å². The summed E-state index contributed by atoms with van der Waals surface area (Å²) in [5, 5.41) is 13.3. The molecule has 1 fully saturated rings. The van der Waals surface area contributed by atoms with Gasteiger partial charge in [-0.3, -0.25) is 9.69 Å². The van der Waals surface area contributed by atoms with E-state index in [2.05, 4.69) is 29.4 Å². The van der Waals surface area contributed by atoms with E-state index in [9.17, 15) is 10.1 Å². The summed E-state index contributed by atoms with van der Waals surface area (Å²) in [5.41, 5.74) is 0.254. The summed E-state index contributed by atoms with van der Waals surface area (Å²) in [6.07, 6.45) is 2.03. The van der Waals surface area contributed by atoms with Crippen LogP contribution in [0.15, 0.2) is 24.3 Å². The molecule has 1 aromatic carbocycles. The van der Waals surface area contributed by atoms with E-state index in [1.54, 1.807) is 11.3 Å². The van der Waals surface area contributed by atoms with Crippen molar-refractivity contribution in [1.82, 2.24) is 15.2 Å². The first-order valence-corrected chi connectivity index (χ1v) is 9.02. The lowest BCUT2D eigenvalue weighted by atomic mass is 9.98. The fourth-order valence-electron chi connectivity index (χ4n) is 2.83. The molecule has 1 aliphatic rings. The third-order valence-electron chi connectivity index (χ3n) is 4.75. The Balaban J connectivity index is 1.64. The minimum atomic E-state index is -0.739. The molecule has 3 rings (SSSR count). The fourth-order valence-corrected chi connectivity index (χ4v) is 3.92. The van der Waals surface area contributed by atoms with Crippen molar-refractivity contribution >= 4 is 27.5 Å². The van der Waals surface area contributed by atoms with Crippen LogP contribution in [0.2, 0.25) is 0 Å².